The summed E-state index contributed by atoms with van der Waals surface area (Å²) >= 11 is 0. The van der Waals surface area contributed by atoms with E-state index in [4.69, 9.17) is 0 Å². The topological polar surface area (TPSA) is 70.1 Å². The largest absolute Gasteiger partial charge is 0.388 e. The number of hydrogen-bond donors (Lipinski definition) is 3. The van der Waals surface area contributed by atoms with E-state index >= 15 is 0 Å². The fourth-order valence-corrected chi connectivity index (χ4v) is 2.23. The smallest absolute Gasteiger partial charge is 0.138 e. The summed E-state index contributed by atoms with van der Waals surface area (Å²) in [6.45, 7) is 9.90. The third-order valence-corrected chi connectivity index (χ3v) is 3.84. The van der Waals surface area contributed by atoms with E-state index in [2.05, 4.69) is 48.3 Å². The molecule has 0 atom stereocenters. The second-order valence-electron chi connectivity index (χ2n) is 7.07. The molecule has 0 unspecified atom stereocenters. The van der Waals surface area contributed by atoms with Crippen LogP contribution in [0.15, 0.2) is 6.07 Å². The lowest BCUT2D eigenvalue weighted by molar-refractivity contribution is -0.0202. The first-order chi connectivity index (χ1) is 9.82. The molecule has 1 aliphatic rings. The van der Waals surface area contributed by atoms with Gasteiger partial charge >= 0.3 is 0 Å². The molecule has 0 amide bonds. The lowest BCUT2D eigenvalue weighted by atomic mass is 9.80. The maximum Gasteiger partial charge on any atom is 0.138 e. The Labute approximate surface area is 127 Å². The van der Waals surface area contributed by atoms with Crippen molar-refractivity contribution in [2.24, 2.45) is 0 Å². The third kappa shape index (κ3) is 4.30. The highest BCUT2D eigenvalue weighted by Gasteiger charge is 2.34. The summed E-state index contributed by atoms with van der Waals surface area (Å²) in [4.78, 5) is 9.20. The van der Waals surface area contributed by atoms with Gasteiger partial charge in [-0.1, -0.05) is 27.7 Å². The van der Waals surface area contributed by atoms with Crippen LogP contribution in [0.3, 0.4) is 0 Å². The van der Waals surface area contributed by atoms with Crippen molar-refractivity contribution in [1.82, 2.24) is 9.97 Å². The van der Waals surface area contributed by atoms with Crippen LogP contribution in [-0.4, -0.2) is 33.8 Å². The Balaban J connectivity index is 2.14. The summed E-state index contributed by atoms with van der Waals surface area (Å²) in [6, 6.07) is 1.92. The van der Waals surface area contributed by atoms with E-state index in [-0.39, 0.29) is 5.41 Å². The van der Waals surface area contributed by atoms with Crippen molar-refractivity contribution in [3.63, 3.8) is 0 Å². The fraction of sp³-hybridized carbons (Fsp3) is 0.750. The minimum absolute atomic E-state index is 0.103. The standard InChI is InChI=1S/C16H28N4O/c1-5-9-17-12-10-13(18-11-16(21)7-6-8-16)20-14(19-12)15(2,3)4/h10,21H,5-9,11H2,1-4H3,(H2,17,18,19,20). The number of hydrogen-bond acceptors (Lipinski definition) is 5. The predicted molar refractivity (Wildman–Crippen MR) is 86.8 cm³/mol. The molecule has 1 aromatic heterocycles. The summed E-state index contributed by atoms with van der Waals surface area (Å²) in [7, 11) is 0. The van der Waals surface area contributed by atoms with Gasteiger partial charge in [0.1, 0.15) is 17.5 Å². The number of aromatic nitrogens is 2. The Morgan fingerprint density at radius 3 is 2.29 bits per heavy atom. The third-order valence-electron chi connectivity index (χ3n) is 3.84. The molecule has 118 valence electrons. The Bertz CT molecular complexity index is 478. The Morgan fingerprint density at radius 1 is 1.19 bits per heavy atom. The van der Waals surface area contributed by atoms with Crippen molar-refractivity contribution in [3.8, 4) is 0 Å². The first kappa shape index (κ1) is 16.0. The van der Waals surface area contributed by atoms with E-state index < -0.39 is 5.60 Å². The Hall–Kier alpha value is -1.36. The van der Waals surface area contributed by atoms with E-state index in [1.54, 1.807) is 0 Å². The highest BCUT2D eigenvalue weighted by atomic mass is 16.3. The lowest BCUT2D eigenvalue weighted by Gasteiger charge is -2.36. The first-order valence-electron chi connectivity index (χ1n) is 7.92. The van der Waals surface area contributed by atoms with Gasteiger partial charge in [-0.05, 0) is 25.7 Å². The van der Waals surface area contributed by atoms with Crippen LogP contribution in [-0.2, 0) is 5.41 Å². The Morgan fingerprint density at radius 2 is 1.81 bits per heavy atom. The maximum atomic E-state index is 10.2. The molecule has 1 aliphatic carbocycles. The summed E-state index contributed by atoms with van der Waals surface area (Å²) in [5, 5.41) is 16.8. The molecule has 0 spiro atoms. The van der Waals surface area contributed by atoms with Crippen molar-refractivity contribution >= 4 is 11.6 Å². The minimum atomic E-state index is -0.552. The summed E-state index contributed by atoms with van der Waals surface area (Å²) in [5.74, 6) is 2.44. The molecule has 1 aromatic rings. The van der Waals surface area contributed by atoms with E-state index in [1.807, 2.05) is 6.07 Å². The van der Waals surface area contributed by atoms with Crippen LogP contribution in [0.1, 0.15) is 59.2 Å². The number of nitrogens with one attached hydrogen (secondary N) is 2. The zero-order chi connectivity index (χ0) is 15.5. The van der Waals surface area contributed by atoms with E-state index in [0.29, 0.717) is 6.54 Å². The molecular weight excluding hydrogens is 264 g/mol. The van der Waals surface area contributed by atoms with Gasteiger partial charge in [0, 0.05) is 24.6 Å². The maximum absolute atomic E-state index is 10.2. The molecule has 0 bridgehead atoms. The van der Waals surface area contributed by atoms with Gasteiger partial charge in [-0.15, -0.1) is 0 Å². The van der Waals surface area contributed by atoms with Crippen molar-refractivity contribution in [2.45, 2.75) is 64.4 Å². The van der Waals surface area contributed by atoms with Gasteiger partial charge in [-0.3, -0.25) is 0 Å². The molecule has 5 nitrogen and oxygen atoms in total. The molecular formula is C16H28N4O. The van der Waals surface area contributed by atoms with Crippen molar-refractivity contribution in [2.75, 3.05) is 23.7 Å². The van der Waals surface area contributed by atoms with Crippen molar-refractivity contribution in [3.05, 3.63) is 11.9 Å². The summed E-state index contributed by atoms with van der Waals surface area (Å²) in [6.07, 6.45) is 3.91. The summed E-state index contributed by atoms with van der Waals surface area (Å²) in [5.41, 5.74) is -0.655. The molecule has 1 fully saturated rings. The van der Waals surface area contributed by atoms with Crippen molar-refractivity contribution < 1.29 is 5.11 Å². The van der Waals surface area contributed by atoms with E-state index in [9.17, 15) is 5.11 Å². The first-order valence-corrected chi connectivity index (χ1v) is 7.92. The molecule has 1 saturated carbocycles. The molecule has 0 aromatic carbocycles. The predicted octanol–water partition coefficient (Wildman–Crippen LogP) is 2.92. The van der Waals surface area contributed by atoms with Crippen LogP contribution in [0.2, 0.25) is 0 Å². The van der Waals surface area contributed by atoms with Gasteiger partial charge in [-0.2, -0.15) is 0 Å². The van der Waals surface area contributed by atoms with Gasteiger partial charge in [0.05, 0.1) is 5.60 Å². The Kier molecular flexibility index (Phi) is 4.71. The van der Waals surface area contributed by atoms with Crippen LogP contribution >= 0.6 is 0 Å². The minimum Gasteiger partial charge on any atom is -0.388 e. The number of anilines is 2. The number of rotatable bonds is 6. The van der Waals surface area contributed by atoms with Gasteiger partial charge in [0.2, 0.25) is 0 Å². The van der Waals surface area contributed by atoms with Crippen molar-refractivity contribution in [1.29, 1.82) is 0 Å². The normalized spacial score (nSPS) is 17.2. The number of nitrogens with zero attached hydrogens (tertiary/aromatic N) is 2. The van der Waals surface area contributed by atoms with Crippen LogP contribution < -0.4 is 10.6 Å². The highest BCUT2D eigenvalue weighted by molar-refractivity contribution is 5.48. The molecule has 5 heteroatoms. The van der Waals surface area contributed by atoms with Gasteiger partial charge in [-0.25, -0.2) is 9.97 Å². The molecule has 1 heterocycles. The van der Waals surface area contributed by atoms with E-state index in [0.717, 1.165) is 49.7 Å². The zero-order valence-corrected chi connectivity index (χ0v) is 13.7. The van der Waals surface area contributed by atoms with E-state index in [1.165, 1.54) is 0 Å². The van der Waals surface area contributed by atoms with Crippen LogP contribution in [0.25, 0.3) is 0 Å². The number of aliphatic hydroxyl groups is 1. The zero-order valence-electron chi connectivity index (χ0n) is 13.7. The highest BCUT2D eigenvalue weighted by Crippen LogP contribution is 2.31. The SMILES string of the molecule is CCCNc1cc(NCC2(O)CCC2)nc(C(C)(C)C)n1. The van der Waals surface area contributed by atoms with Gasteiger partial charge in [0.15, 0.2) is 0 Å². The van der Waals surface area contributed by atoms with Gasteiger partial charge in [0.25, 0.3) is 0 Å². The average molecular weight is 292 g/mol. The second-order valence-corrected chi connectivity index (χ2v) is 7.07. The fourth-order valence-electron chi connectivity index (χ4n) is 2.23. The summed E-state index contributed by atoms with van der Waals surface area (Å²) < 4.78 is 0. The molecule has 0 aliphatic heterocycles. The molecule has 3 N–H and O–H groups in total. The molecule has 21 heavy (non-hydrogen) atoms. The van der Waals surface area contributed by atoms with Crippen LogP contribution in [0.5, 0.6) is 0 Å². The van der Waals surface area contributed by atoms with Crippen LogP contribution in [0, 0.1) is 0 Å². The molecule has 0 radical (unpaired) electrons. The lowest BCUT2D eigenvalue weighted by Crippen LogP contribution is -2.43. The monoisotopic (exact) mass is 292 g/mol. The quantitative estimate of drug-likeness (QED) is 0.752. The molecule has 0 saturated heterocycles. The molecule has 2 rings (SSSR count). The average Bonchev–Trinajstić information content (AvgIpc) is 2.39. The second kappa shape index (κ2) is 6.18. The van der Waals surface area contributed by atoms with Gasteiger partial charge < -0.3 is 15.7 Å². The van der Waals surface area contributed by atoms with Crippen LogP contribution in [0.4, 0.5) is 11.6 Å².